The van der Waals surface area contributed by atoms with Crippen LogP contribution in [0.2, 0.25) is 0 Å². The van der Waals surface area contributed by atoms with Crippen LogP contribution in [0.15, 0.2) is 35.3 Å². The Morgan fingerprint density at radius 3 is 2.68 bits per heavy atom. The van der Waals surface area contributed by atoms with Crippen molar-refractivity contribution in [3.63, 3.8) is 0 Å². The second-order valence-corrected chi connectivity index (χ2v) is 4.48. The smallest absolute Gasteiger partial charge is 0.253 e. The lowest BCUT2D eigenvalue weighted by molar-refractivity contribution is 0.416. The predicted octanol–water partition coefficient (Wildman–Crippen LogP) is 2.21. The van der Waals surface area contributed by atoms with E-state index in [9.17, 15) is 4.79 Å². The van der Waals surface area contributed by atoms with Gasteiger partial charge in [0.15, 0.2) is 0 Å². The minimum atomic E-state index is 0.0362. The SMILES string of the molecule is CCc1cc(-c2cc(N)ccc2OC)cn(C)c1=O. The molecule has 0 saturated carbocycles. The van der Waals surface area contributed by atoms with Crippen molar-refractivity contribution in [3.8, 4) is 16.9 Å². The van der Waals surface area contributed by atoms with E-state index in [1.54, 1.807) is 31.0 Å². The fourth-order valence-electron chi connectivity index (χ4n) is 2.13. The molecule has 1 heterocycles. The number of ether oxygens (including phenoxy) is 1. The Bertz CT molecular complexity index is 660. The van der Waals surface area contributed by atoms with Crippen LogP contribution in [0.25, 0.3) is 11.1 Å². The number of hydrogen-bond donors (Lipinski definition) is 1. The summed E-state index contributed by atoms with van der Waals surface area (Å²) in [4.78, 5) is 11.9. The summed E-state index contributed by atoms with van der Waals surface area (Å²) >= 11 is 0. The van der Waals surface area contributed by atoms with Crippen molar-refractivity contribution in [2.75, 3.05) is 12.8 Å². The molecule has 0 aliphatic heterocycles. The Hall–Kier alpha value is -2.23. The molecule has 0 fully saturated rings. The van der Waals surface area contributed by atoms with Crippen molar-refractivity contribution in [2.24, 2.45) is 7.05 Å². The quantitative estimate of drug-likeness (QED) is 0.859. The Labute approximate surface area is 112 Å². The van der Waals surface area contributed by atoms with Crippen LogP contribution in [0, 0.1) is 0 Å². The van der Waals surface area contributed by atoms with E-state index >= 15 is 0 Å². The maximum absolute atomic E-state index is 11.9. The average Bonchev–Trinajstić information content (AvgIpc) is 2.41. The fourth-order valence-corrected chi connectivity index (χ4v) is 2.13. The molecule has 0 amide bonds. The minimum absolute atomic E-state index is 0.0362. The highest BCUT2D eigenvalue weighted by atomic mass is 16.5. The second-order valence-electron chi connectivity index (χ2n) is 4.48. The fraction of sp³-hybridized carbons (Fsp3) is 0.267. The number of nitrogens with two attached hydrogens (primary N) is 1. The molecule has 0 radical (unpaired) electrons. The lowest BCUT2D eigenvalue weighted by atomic mass is 10.0. The van der Waals surface area contributed by atoms with Gasteiger partial charge < -0.3 is 15.0 Å². The van der Waals surface area contributed by atoms with Crippen molar-refractivity contribution in [2.45, 2.75) is 13.3 Å². The van der Waals surface area contributed by atoms with Crippen LogP contribution >= 0.6 is 0 Å². The monoisotopic (exact) mass is 258 g/mol. The van der Waals surface area contributed by atoms with Crippen molar-refractivity contribution in [1.29, 1.82) is 0 Å². The third kappa shape index (κ3) is 2.47. The van der Waals surface area contributed by atoms with Crippen LogP contribution in [0.1, 0.15) is 12.5 Å². The summed E-state index contributed by atoms with van der Waals surface area (Å²) in [6.07, 6.45) is 2.50. The number of benzene rings is 1. The van der Waals surface area contributed by atoms with Crippen molar-refractivity contribution >= 4 is 5.69 Å². The lowest BCUT2D eigenvalue weighted by Crippen LogP contribution is -2.20. The summed E-state index contributed by atoms with van der Waals surface area (Å²) in [7, 11) is 3.38. The van der Waals surface area contributed by atoms with Crippen LogP contribution in [0.5, 0.6) is 5.75 Å². The molecular weight excluding hydrogens is 240 g/mol. The molecule has 4 heteroatoms. The van der Waals surface area contributed by atoms with Crippen LogP contribution in [-0.4, -0.2) is 11.7 Å². The molecule has 0 aliphatic rings. The summed E-state index contributed by atoms with van der Waals surface area (Å²) in [5, 5.41) is 0. The Morgan fingerprint density at radius 1 is 1.32 bits per heavy atom. The Kier molecular flexibility index (Phi) is 3.60. The van der Waals surface area contributed by atoms with E-state index in [0.717, 1.165) is 22.4 Å². The molecule has 2 aromatic rings. The molecular formula is C15H18N2O2. The molecule has 0 spiro atoms. The molecule has 0 atom stereocenters. The molecule has 4 nitrogen and oxygen atoms in total. The standard InChI is InChI=1S/C15H18N2O2/c1-4-10-7-11(9-17(2)15(10)18)13-8-12(16)5-6-14(13)19-3/h5-9H,4,16H2,1-3H3. The molecule has 0 bridgehead atoms. The summed E-state index contributed by atoms with van der Waals surface area (Å²) < 4.78 is 6.95. The average molecular weight is 258 g/mol. The molecule has 1 aromatic carbocycles. The first kappa shape index (κ1) is 13.2. The third-order valence-electron chi connectivity index (χ3n) is 3.17. The normalized spacial score (nSPS) is 10.5. The van der Waals surface area contributed by atoms with Crippen molar-refractivity contribution in [1.82, 2.24) is 4.57 Å². The molecule has 2 N–H and O–H groups in total. The number of anilines is 1. The van der Waals surface area contributed by atoms with Gasteiger partial charge in [-0.05, 0) is 30.7 Å². The Balaban J connectivity index is 2.68. The van der Waals surface area contributed by atoms with E-state index in [2.05, 4.69) is 0 Å². The highest BCUT2D eigenvalue weighted by molar-refractivity contribution is 5.73. The maximum atomic E-state index is 11.9. The largest absolute Gasteiger partial charge is 0.496 e. The molecule has 0 saturated heterocycles. The summed E-state index contributed by atoms with van der Waals surface area (Å²) in [5.74, 6) is 0.745. The number of methoxy groups -OCH3 is 1. The van der Waals surface area contributed by atoms with Gasteiger partial charge in [0.25, 0.3) is 5.56 Å². The number of aryl methyl sites for hydroxylation is 2. The van der Waals surface area contributed by atoms with Gasteiger partial charge in [0.2, 0.25) is 0 Å². The molecule has 19 heavy (non-hydrogen) atoms. The van der Waals surface area contributed by atoms with Crippen LogP contribution in [-0.2, 0) is 13.5 Å². The number of rotatable bonds is 3. The summed E-state index contributed by atoms with van der Waals surface area (Å²) in [6.45, 7) is 1.97. The Morgan fingerprint density at radius 2 is 2.05 bits per heavy atom. The van der Waals surface area contributed by atoms with Crippen molar-refractivity contribution < 1.29 is 4.74 Å². The molecule has 0 unspecified atom stereocenters. The van der Waals surface area contributed by atoms with E-state index in [1.165, 1.54) is 0 Å². The van der Waals surface area contributed by atoms with Gasteiger partial charge in [-0.2, -0.15) is 0 Å². The first-order chi connectivity index (χ1) is 9.06. The van der Waals surface area contributed by atoms with Gasteiger partial charge in [0, 0.05) is 35.6 Å². The van der Waals surface area contributed by atoms with Crippen LogP contribution < -0.4 is 16.0 Å². The summed E-state index contributed by atoms with van der Waals surface area (Å²) in [5.41, 5.74) is 9.15. The van der Waals surface area contributed by atoms with E-state index in [1.807, 2.05) is 25.1 Å². The second kappa shape index (κ2) is 5.18. The highest BCUT2D eigenvalue weighted by Gasteiger charge is 2.10. The topological polar surface area (TPSA) is 57.2 Å². The van der Waals surface area contributed by atoms with Gasteiger partial charge in [-0.15, -0.1) is 0 Å². The van der Waals surface area contributed by atoms with Gasteiger partial charge in [0.05, 0.1) is 7.11 Å². The van der Waals surface area contributed by atoms with Crippen molar-refractivity contribution in [3.05, 3.63) is 46.4 Å². The zero-order valence-electron chi connectivity index (χ0n) is 11.4. The number of aromatic nitrogens is 1. The number of nitrogen functional groups attached to an aromatic ring is 1. The van der Waals surface area contributed by atoms with E-state index < -0.39 is 0 Å². The molecule has 100 valence electrons. The van der Waals surface area contributed by atoms with Gasteiger partial charge in [-0.1, -0.05) is 6.92 Å². The number of nitrogens with zero attached hydrogens (tertiary/aromatic N) is 1. The molecule has 2 rings (SSSR count). The van der Waals surface area contributed by atoms with E-state index in [0.29, 0.717) is 12.1 Å². The van der Waals surface area contributed by atoms with Crippen LogP contribution in [0.4, 0.5) is 5.69 Å². The lowest BCUT2D eigenvalue weighted by Gasteiger charge is -2.12. The predicted molar refractivity (Wildman–Crippen MR) is 77.5 cm³/mol. The maximum Gasteiger partial charge on any atom is 0.253 e. The zero-order valence-corrected chi connectivity index (χ0v) is 11.4. The highest BCUT2D eigenvalue weighted by Crippen LogP contribution is 2.31. The van der Waals surface area contributed by atoms with Gasteiger partial charge in [-0.3, -0.25) is 4.79 Å². The van der Waals surface area contributed by atoms with E-state index in [-0.39, 0.29) is 5.56 Å². The summed E-state index contributed by atoms with van der Waals surface area (Å²) in [6, 6.07) is 7.39. The van der Waals surface area contributed by atoms with Gasteiger partial charge in [0.1, 0.15) is 5.75 Å². The number of pyridine rings is 1. The van der Waals surface area contributed by atoms with Gasteiger partial charge >= 0.3 is 0 Å². The molecule has 1 aromatic heterocycles. The first-order valence-electron chi connectivity index (χ1n) is 6.20. The van der Waals surface area contributed by atoms with Gasteiger partial charge in [-0.25, -0.2) is 0 Å². The first-order valence-corrected chi connectivity index (χ1v) is 6.20. The van der Waals surface area contributed by atoms with Crippen LogP contribution in [0.3, 0.4) is 0 Å². The van der Waals surface area contributed by atoms with E-state index in [4.69, 9.17) is 10.5 Å². The number of hydrogen-bond acceptors (Lipinski definition) is 3. The minimum Gasteiger partial charge on any atom is -0.496 e. The molecule has 0 aliphatic carbocycles. The zero-order chi connectivity index (χ0) is 14.0. The third-order valence-corrected chi connectivity index (χ3v) is 3.17.